The molecule has 0 radical (unpaired) electrons. The van der Waals surface area contributed by atoms with Crippen molar-refractivity contribution in [1.82, 2.24) is 15.0 Å². The van der Waals surface area contributed by atoms with E-state index in [-0.39, 0.29) is 0 Å². The third kappa shape index (κ3) is 2.80. The molecule has 1 saturated heterocycles. The molecule has 3 rings (SSSR count). The van der Waals surface area contributed by atoms with Crippen LogP contribution in [0.3, 0.4) is 0 Å². The maximum Gasteiger partial charge on any atom is 0.180 e. The zero-order chi connectivity index (χ0) is 13.1. The Morgan fingerprint density at radius 1 is 1.21 bits per heavy atom. The van der Waals surface area contributed by atoms with E-state index in [4.69, 9.17) is 9.47 Å². The van der Waals surface area contributed by atoms with Gasteiger partial charge in [-0.2, -0.15) is 0 Å². The van der Waals surface area contributed by atoms with Crippen LogP contribution in [0, 0.1) is 0 Å². The van der Waals surface area contributed by atoms with Crippen molar-refractivity contribution in [3.8, 4) is 0 Å². The minimum atomic E-state index is -0.469. The highest BCUT2D eigenvalue weighted by Gasteiger charge is 2.30. The van der Waals surface area contributed by atoms with Gasteiger partial charge in [-0.1, -0.05) is 0 Å². The van der Waals surface area contributed by atoms with E-state index in [2.05, 4.69) is 20.3 Å². The Balaban J connectivity index is 1.62. The summed E-state index contributed by atoms with van der Waals surface area (Å²) >= 11 is 0. The molecule has 100 valence electrons. The van der Waals surface area contributed by atoms with E-state index in [9.17, 15) is 0 Å². The minimum Gasteiger partial charge on any atom is -0.370 e. The number of rotatable bonds is 4. The molecule has 0 spiro atoms. The van der Waals surface area contributed by atoms with Gasteiger partial charge in [0.2, 0.25) is 0 Å². The molecule has 0 aromatic carbocycles. The van der Waals surface area contributed by atoms with Gasteiger partial charge in [-0.05, 0) is 19.1 Å². The molecule has 1 aliphatic heterocycles. The molecule has 1 N–H and O–H groups in total. The molecule has 6 heteroatoms. The van der Waals surface area contributed by atoms with Crippen LogP contribution < -0.4 is 5.32 Å². The fraction of sp³-hybridized carbons (Fsp3) is 0.462. The van der Waals surface area contributed by atoms with Gasteiger partial charge in [0.15, 0.2) is 11.4 Å². The Labute approximate surface area is 111 Å². The first-order valence-electron chi connectivity index (χ1n) is 6.35. The van der Waals surface area contributed by atoms with Crippen molar-refractivity contribution in [2.45, 2.75) is 19.1 Å². The zero-order valence-electron chi connectivity index (χ0n) is 10.8. The summed E-state index contributed by atoms with van der Waals surface area (Å²) in [7, 11) is 0. The van der Waals surface area contributed by atoms with Crippen LogP contribution in [0.15, 0.2) is 24.5 Å². The molecule has 2 aromatic rings. The summed E-state index contributed by atoms with van der Waals surface area (Å²) in [5.74, 6) is 0.318. The van der Waals surface area contributed by atoms with Crippen LogP contribution in [-0.4, -0.2) is 40.5 Å². The van der Waals surface area contributed by atoms with Gasteiger partial charge in [0.05, 0.1) is 13.2 Å². The molecule has 6 nitrogen and oxygen atoms in total. The fourth-order valence-corrected chi connectivity index (χ4v) is 2.07. The van der Waals surface area contributed by atoms with E-state index in [0.29, 0.717) is 18.9 Å². The maximum atomic E-state index is 5.54. The van der Waals surface area contributed by atoms with Crippen molar-refractivity contribution in [2.24, 2.45) is 0 Å². The number of ether oxygens (including phenoxy) is 2. The van der Waals surface area contributed by atoms with E-state index in [1.54, 1.807) is 12.4 Å². The highest BCUT2D eigenvalue weighted by molar-refractivity contribution is 5.71. The van der Waals surface area contributed by atoms with E-state index in [1.807, 2.05) is 19.1 Å². The number of nitrogens with one attached hydrogen (secondary N) is 1. The van der Waals surface area contributed by atoms with Crippen LogP contribution in [0.5, 0.6) is 0 Å². The highest BCUT2D eigenvalue weighted by Crippen LogP contribution is 2.22. The number of anilines is 1. The van der Waals surface area contributed by atoms with Crippen LogP contribution in [0.25, 0.3) is 11.2 Å². The quantitative estimate of drug-likeness (QED) is 0.900. The van der Waals surface area contributed by atoms with Crippen molar-refractivity contribution >= 4 is 17.0 Å². The summed E-state index contributed by atoms with van der Waals surface area (Å²) < 4.78 is 11.1. The molecule has 0 bridgehead atoms. The van der Waals surface area contributed by atoms with Gasteiger partial charge in [-0.3, -0.25) is 4.98 Å². The molecule has 2 aromatic heterocycles. The summed E-state index contributed by atoms with van der Waals surface area (Å²) in [5.41, 5.74) is 1.44. The standard InChI is InChI=1S/C13H16N4O2/c1-13(18-8-9-19-13)4-5-15-11-3-2-10-12(17-11)16-7-6-14-10/h2-3,6-7H,4-5,8-9H2,1H3,(H,15,16,17). The first kappa shape index (κ1) is 12.3. The van der Waals surface area contributed by atoms with Crippen molar-refractivity contribution in [2.75, 3.05) is 25.1 Å². The summed E-state index contributed by atoms with van der Waals surface area (Å²) in [6, 6.07) is 3.80. The van der Waals surface area contributed by atoms with Gasteiger partial charge in [0, 0.05) is 25.4 Å². The average molecular weight is 260 g/mol. The molecule has 0 saturated carbocycles. The van der Waals surface area contributed by atoms with Crippen molar-refractivity contribution in [1.29, 1.82) is 0 Å². The lowest BCUT2D eigenvalue weighted by Crippen LogP contribution is -2.28. The zero-order valence-corrected chi connectivity index (χ0v) is 10.8. The second-order valence-electron chi connectivity index (χ2n) is 4.60. The molecular weight excluding hydrogens is 244 g/mol. The van der Waals surface area contributed by atoms with Crippen LogP contribution in [0.4, 0.5) is 5.82 Å². The predicted molar refractivity (Wildman–Crippen MR) is 70.7 cm³/mol. The van der Waals surface area contributed by atoms with Crippen LogP contribution >= 0.6 is 0 Å². The second kappa shape index (κ2) is 5.07. The summed E-state index contributed by atoms with van der Waals surface area (Å²) in [6.07, 6.45) is 4.07. The van der Waals surface area contributed by atoms with Crippen LogP contribution in [-0.2, 0) is 9.47 Å². The smallest absolute Gasteiger partial charge is 0.180 e. The Morgan fingerprint density at radius 2 is 2.00 bits per heavy atom. The normalized spacial score (nSPS) is 17.7. The molecule has 19 heavy (non-hydrogen) atoms. The van der Waals surface area contributed by atoms with Gasteiger partial charge in [0.1, 0.15) is 11.3 Å². The van der Waals surface area contributed by atoms with Gasteiger partial charge in [0.25, 0.3) is 0 Å². The predicted octanol–water partition coefficient (Wildman–Crippen LogP) is 1.59. The Bertz CT molecular complexity index is 569. The molecule has 0 atom stereocenters. The highest BCUT2D eigenvalue weighted by atomic mass is 16.7. The molecule has 0 amide bonds. The van der Waals surface area contributed by atoms with E-state index in [0.717, 1.165) is 24.3 Å². The number of aromatic nitrogens is 3. The Morgan fingerprint density at radius 3 is 2.84 bits per heavy atom. The number of hydrogen-bond acceptors (Lipinski definition) is 6. The van der Waals surface area contributed by atoms with E-state index in [1.165, 1.54) is 0 Å². The summed E-state index contributed by atoms with van der Waals surface area (Å²) in [4.78, 5) is 12.8. The van der Waals surface area contributed by atoms with E-state index >= 15 is 0 Å². The summed E-state index contributed by atoms with van der Waals surface area (Å²) in [6.45, 7) is 4.02. The Kier molecular flexibility index (Phi) is 3.27. The fourth-order valence-electron chi connectivity index (χ4n) is 2.07. The molecule has 1 aliphatic rings. The molecule has 3 heterocycles. The Hall–Kier alpha value is -1.79. The number of nitrogens with zero attached hydrogens (tertiary/aromatic N) is 3. The maximum absolute atomic E-state index is 5.54. The SMILES string of the molecule is CC1(CCNc2ccc3nccnc3n2)OCCO1. The van der Waals surface area contributed by atoms with Gasteiger partial charge >= 0.3 is 0 Å². The number of pyridine rings is 1. The van der Waals surface area contributed by atoms with Crippen LogP contribution in [0.2, 0.25) is 0 Å². The molecular formula is C13H16N4O2. The second-order valence-corrected chi connectivity index (χ2v) is 4.60. The molecule has 0 unspecified atom stereocenters. The third-order valence-electron chi connectivity index (χ3n) is 3.11. The lowest BCUT2D eigenvalue weighted by molar-refractivity contribution is -0.144. The third-order valence-corrected chi connectivity index (χ3v) is 3.11. The first-order chi connectivity index (χ1) is 9.25. The monoisotopic (exact) mass is 260 g/mol. The number of fused-ring (bicyclic) bond motifs is 1. The lowest BCUT2D eigenvalue weighted by atomic mass is 10.2. The van der Waals surface area contributed by atoms with Crippen LogP contribution in [0.1, 0.15) is 13.3 Å². The van der Waals surface area contributed by atoms with Crippen molar-refractivity contribution < 1.29 is 9.47 Å². The number of hydrogen-bond donors (Lipinski definition) is 1. The molecule has 0 aliphatic carbocycles. The topological polar surface area (TPSA) is 69.2 Å². The largest absolute Gasteiger partial charge is 0.370 e. The summed E-state index contributed by atoms with van der Waals surface area (Å²) in [5, 5.41) is 3.25. The lowest BCUT2D eigenvalue weighted by Gasteiger charge is -2.22. The average Bonchev–Trinajstić information content (AvgIpc) is 2.86. The minimum absolute atomic E-state index is 0.469. The van der Waals surface area contributed by atoms with E-state index < -0.39 is 5.79 Å². The molecule has 1 fully saturated rings. The van der Waals surface area contributed by atoms with Gasteiger partial charge in [-0.25, -0.2) is 9.97 Å². The first-order valence-corrected chi connectivity index (χ1v) is 6.35. The van der Waals surface area contributed by atoms with Crippen molar-refractivity contribution in [3.63, 3.8) is 0 Å². The van der Waals surface area contributed by atoms with Gasteiger partial charge < -0.3 is 14.8 Å². The van der Waals surface area contributed by atoms with Crippen molar-refractivity contribution in [3.05, 3.63) is 24.5 Å². The van der Waals surface area contributed by atoms with Gasteiger partial charge in [-0.15, -0.1) is 0 Å².